The molecule has 6 heteroatoms. The van der Waals surface area contributed by atoms with E-state index in [9.17, 15) is 9.18 Å². The first-order valence-corrected chi connectivity index (χ1v) is 8.39. The summed E-state index contributed by atoms with van der Waals surface area (Å²) in [6.07, 6.45) is 0. The van der Waals surface area contributed by atoms with Gasteiger partial charge >= 0.3 is 0 Å². The van der Waals surface area contributed by atoms with Gasteiger partial charge in [0.25, 0.3) is 5.91 Å². The molecule has 1 aromatic heterocycles. The molecule has 0 saturated carbocycles. The summed E-state index contributed by atoms with van der Waals surface area (Å²) >= 11 is 0. The second kappa shape index (κ2) is 8.19. The first kappa shape index (κ1) is 18.2. The van der Waals surface area contributed by atoms with Crippen molar-refractivity contribution in [3.05, 3.63) is 71.7 Å². The standard InChI is InChI=1S/C21H19FN4O/c1-26(2)20-8-4-3-6-16(20)7-5-13-23-21(27)19-14-18(24-25-19)15-9-11-17(22)12-10-15/h3-4,6,8-12,14H,13H2,1-2H3,(H,23,27)(H,24,25). The minimum absolute atomic E-state index is 0.214. The number of aromatic nitrogens is 2. The van der Waals surface area contributed by atoms with Crippen LogP contribution in [0.4, 0.5) is 10.1 Å². The first-order valence-electron chi connectivity index (χ1n) is 8.39. The van der Waals surface area contributed by atoms with Crippen molar-refractivity contribution < 1.29 is 9.18 Å². The Hall–Kier alpha value is -3.59. The number of hydrogen-bond acceptors (Lipinski definition) is 3. The van der Waals surface area contributed by atoms with Crippen LogP contribution >= 0.6 is 0 Å². The fraction of sp³-hybridized carbons (Fsp3) is 0.143. The molecule has 2 N–H and O–H groups in total. The molecular formula is C21H19FN4O. The van der Waals surface area contributed by atoms with Crippen molar-refractivity contribution in [3.8, 4) is 23.1 Å². The molecule has 0 unspecified atom stereocenters. The highest BCUT2D eigenvalue weighted by atomic mass is 19.1. The molecule has 2 aromatic carbocycles. The number of hydrogen-bond donors (Lipinski definition) is 2. The number of nitrogens with one attached hydrogen (secondary N) is 2. The highest BCUT2D eigenvalue weighted by molar-refractivity contribution is 5.93. The summed E-state index contributed by atoms with van der Waals surface area (Å²) in [5.41, 5.74) is 3.55. The summed E-state index contributed by atoms with van der Waals surface area (Å²) in [6.45, 7) is 0.214. The monoisotopic (exact) mass is 362 g/mol. The van der Waals surface area contributed by atoms with Crippen LogP contribution in [0.2, 0.25) is 0 Å². The molecule has 0 aliphatic carbocycles. The summed E-state index contributed by atoms with van der Waals surface area (Å²) in [4.78, 5) is 14.2. The fourth-order valence-electron chi connectivity index (χ4n) is 2.54. The van der Waals surface area contributed by atoms with Crippen molar-refractivity contribution in [1.29, 1.82) is 0 Å². The van der Waals surface area contributed by atoms with E-state index in [1.54, 1.807) is 18.2 Å². The maximum atomic E-state index is 13.0. The molecular weight excluding hydrogens is 343 g/mol. The summed E-state index contributed by atoms with van der Waals surface area (Å²) in [7, 11) is 3.92. The normalized spacial score (nSPS) is 10.0. The molecule has 0 bridgehead atoms. The minimum atomic E-state index is -0.318. The van der Waals surface area contributed by atoms with Gasteiger partial charge in [-0.1, -0.05) is 24.0 Å². The van der Waals surface area contributed by atoms with Crippen LogP contribution in [-0.2, 0) is 0 Å². The van der Waals surface area contributed by atoms with Gasteiger partial charge in [0, 0.05) is 25.2 Å². The SMILES string of the molecule is CN(C)c1ccccc1C#CCNC(=O)c1cc(-c2ccc(F)cc2)n[nH]1. The molecule has 0 radical (unpaired) electrons. The number of H-pyrrole nitrogens is 1. The smallest absolute Gasteiger partial charge is 0.270 e. The van der Waals surface area contributed by atoms with E-state index in [0.717, 1.165) is 16.8 Å². The molecule has 0 fully saturated rings. The number of anilines is 1. The van der Waals surface area contributed by atoms with Crippen LogP contribution in [0, 0.1) is 17.7 Å². The highest BCUT2D eigenvalue weighted by Gasteiger charge is 2.10. The topological polar surface area (TPSA) is 61.0 Å². The number of halogens is 1. The number of aromatic amines is 1. The van der Waals surface area contributed by atoms with Gasteiger partial charge in [0.05, 0.1) is 17.9 Å². The van der Waals surface area contributed by atoms with Crippen molar-refractivity contribution in [2.45, 2.75) is 0 Å². The van der Waals surface area contributed by atoms with Gasteiger partial charge in [-0.2, -0.15) is 5.10 Å². The lowest BCUT2D eigenvalue weighted by atomic mass is 10.1. The Labute approximate surface area is 157 Å². The molecule has 1 heterocycles. The molecule has 0 spiro atoms. The van der Waals surface area contributed by atoms with Gasteiger partial charge in [-0.25, -0.2) is 4.39 Å². The van der Waals surface area contributed by atoms with Gasteiger partial charge in [-0.15, -0.1) is 0 Å². The zero-order valence-electron chi connectivity index (χ0n) is 15.1. The number of carbonyl (C=O) groups excluding carboxylic acids is 1. The van der Waals surface area contributed by atoms with E-state index in [4.69, 9.17) is 0 Å². The third kappa shape index (κ3) is 4.53. The Kier molecular flexibility index (Phi) is 5.53. The Balaban J connectivity index is 1.62. The average molecular weight is 362 g/mol. The summed E-state index contributed by atoms with van der Waals surface area (Å²) in [6, 6.07) is 15.4. The quantitative estimate of drug-likeness (QED) is 0.701. The lowest BCUT2D eigenvalue weighted by Crippen LogP contribution is -2.23. The van der Waals surface area contributed by atoms with Crippen LogP contribution in [0.15, 0.2) is 54.6 Å². The zero-order valence-corrected chi connectivity index (χ0v) is 15.1. The van der Waals surface area contributed by atoms with Gasteiger partial charge in [-0.05, 0) is 42.5 Å². The van der Waals surface area contributed by atoms with E-state index < -0.39 is 0 Å². The average Bonchev–Trinajstić information content (AvgIpc) is 3.16. The summed E-state index contributed by atoms with van der Waals surface area (Å²) < 4.78 is 13.0. The van der Waals surface area contributed by atoms with E-state index in [0.29, 0.717) is 11.4 Å². The van der Waals surface area contributed by atoms with Gasteiger partial charge in [0.15, 0.2) is 0 Å². The largest absolute Gasteiger partial charge is 0.377 e. The Morgan fingerprint density at radius 2 is 1.93 bits per heavy atom. The van der Waals surface area contributed by atoms with E-state index in [-0.39, 0.29) is 18.3 Å². The van der Waals surface area contributed by atoms with Crippen molar-refractivity contribution in [2.24, 2.45) is 0 Å². The number of benzene rings is 2. The van der Waals surface area contributed by atoms with Crippen molar-refractivity contribution in [3.63, 3.8) is 0 Å². The molecule has 3 aromatic rings. The van der Waals surface area contributed by atoms with E-state index in [1.807, 2.05) is 43.3 Å². The number of carbonyl (C=O) groups is 1. The van der Waals surface area contributed by atoms with Crippen LogP contribution in [0.25, 0.3) is 11.3 Å². The molecule has 0 atom stereocenters. The predicted molar refractivity (Wildman–Crippen MR) is 104 cm³/mol. The number of amides is 1. The molecule has 136 valence electrons. The summed E-state index contributed by atoms with van der Waals surface area (Å²) in [5.74, 6) is 5.41. The molecule has 1 amide bonds. The molecule has 0 aliphatic rings. The third-order valence-corrected chi connectivity index (χ3v) is 3.91. The molecule has 0 saturated heterocycles. The molecule has 27 heavy (non-hydrogen) atoms. The Morgan fingerprint density at radius 3 is 2.67 bits per heavy atom. The number of nitrogens with zero attached hydrogens (tertiary/aromatic N) is 2. The van der Waals surface area contributed by atoms with Crippen LogP contribution in [-0.4, -0.2) is 36.7 Å². The lowest BCUT2D eigenvalue weighted by molar-refractivity contribution is 0.0953. The Bertz CT molecular complexity index is 997. The number of rotatable bonds is 4. The fourth-order valence-corrected chi connectivity index (χ4v) is 2.54. The second-order valence-corrected chi connectivity index (χ2v) is 6.07. The highest BCUT2D eigenvalue weighted by Crippen LogP contribution is 2.18. The Morgan fingerprint density at radius 1 is 1.19 bits per heavy atom. The van der Waals surface area contributed by atoms with E-state index >= 15 is 0 Å². The van der Waals surface area contributed by atoms with Gasteiger partial charge in [-0.3, -0.25) is 9.89 Å². The van der Waals surface area contributed by atoms with Gasteiger partial charge < -0.3 is 10.2 Å². The molecule has 3 rings (SSSR count). The third-order valence-electron chi connectivity index (χ3n) is 3.91. The maximum Gasteiger partial charge on any atom is 0.270 e. The molecule has 5 nitrogen and oxygen atoms in total. The number of para-hydroxylation sites is 1. The first-order chi connectivity index (χ1) is 13.0. The second-order valence-electron chi connectivity index (χ2n) is 6.07. The van der Waals surface area contributed by atoms with Gasteiger partial charge in [0.2, 0.25) is 0 Å². The van der Waals surface area contributed by atoms with Gasteiger partial charge in [0.1, 0.15) is 11.5 Å². The van der Waals surface area contributed by atoms with Crippen molar-refractivity contribution >= 4 is 11.6 Å². The van der Waals surface area contributed by atoms with Crippen molar-refractivity contribution in [1.82, 2.24) is 15.5 Å². The van der Waals surface area contributed by atoms with Crippen LogP contribution < -0.4 is 10.2 Å². The van der Waals surface area contributed by atoms with Crippen LogP contribution in [0.3, 0.4) is 0 Å². The van der Waals surface area contributed by atoms with Crippen molar-refractivity contribution in [2.75, 3.05) is 25.5 Å². The zero-order chi connectivity index (χ0) is 19.2. The molecule has 0 aliphatic heterocycles. The van der Waals surface area contributed by atoms with E-state index in [1.165, 1.54) is 12.1 Å². The summed E-state index contributed by atoms with van der Waals surface area (Å²) in [5, 5.41) is 9.52. The predicted octanol–water partition coefficient (Wildman–Crippen LogP) is 3.06. The maximum absolute atomic E-state index is 13.0. The lowest BCUT2D eigenvalue weighted by Gasteiger charge is -2.13. The van der Waals surface area contributed by atoms with Crippen LogP contribution in [0.5, 0.6) is 0 Å². The van der Waals surface area contributed by atoms with E-state index in [2.05, 4.69) is 27.4 Å². The minimum Gasteiger partial charge on any atom is -0.377 e. The van der Waals surface area contributed by atoms with Crippen LogP contribution in [0.1, 0.15) is 16.1 Å².